The van der Waals surface area contributed by atoms with E-state index in [9.17, 15) is 0 Å². The maximum atomic E-state index is 2.20. The van der Waals surface area contributed by atoms with Crippen LogP contribution in [0.4, 0.5) is 0 Å². The first-order valence-corrected chi connectivity index (χ1v) is 5.56. The second-order valence-corrected chi connectivity index (χ2v) is 23.0. The first kappa shape index (κ1) is 10.6. The summed E-state index contributed by atoms with van der Waals surface area (Å²) in [5, 5.41) is 0. The average Bonchev–Trinajstić information content (AvgIpc) is 0.722. The third kappa shape index (κ3) is 43.4. The van der Waals surface area contributed by atoms with Gasteiger partial charge in [0, 0.05) is 0 Å². The van der Waals surface area contributed by atoms with Gasteiger partial charge in [0.15, 0.2) is 0 Å². The van der Waals surface area contributed by atoms with Crippen molar-refractivity contribution in [3.63, 3.8) is 0 Å². The number of halogens is 1. The van der Waals surface area contributed by atoms with E-state index in [0.717, 1.165) is 2.41 Å². The van der Waals surface area contributed by atoms with Gasteiger partial charge >= 0.3 is 54.9 Å². The Labute approximate surface area is 67.0 Å². The average molecular weight is 165 g/mol. The zero-order valence-corrected chi connectivity index (χ0v) is 12.8. The summed E-state index contributed by atoms with van der Waals surface area (Å²) in [5.41, 5.74) is 0. The van der Waals surface area contributed by atoms with E-state index in [2.05, 4.69) is 21.7 Å². The second kappa shape index (κ2) is 3.68. The predicted molar refractivity (Wildman–Crippen MR) is 38.3 cm³/mol. The number of hydrogen-bond donors (Lipinski definition) is 0. The molecule has 0 rings (SSSR count). The Morgan fingerprint density at radius 2 is 1.17 bits per heavy atom. The van der Waals surface area contributed by atoms with Crippen LogP contribution in [0.1, 0.15) is 0 Å². The van der Waals surface area contributed by atoms with E-state index >= 15 is 0 Å². The van der Waals surface area contributed by atoms with Crippen molar-refractivity contribution in [3.05, 3.63) is 0 Å². The fourth-order valence-corrected chi connectivity index (χ4v) is 0. The van der Waals surface area contributed by atoms with Crippen LogP contribution < -0.4 is 12.4 Å². The molecule has 0 aromatic rings. The number of hydrogen-bond acceptors (Lipinski definition) is 0. The van der Waals surface area contributed by atoms with E-state index in [1.165, 1.54) is 30.7 Å². The van der Waals surface area contributed by atoms with Crippen LogP contribution in [0.25, 0.3) is 0 Å². The Morgan fingerprint density at radius 1 is 1.17 bits per heavy atom. The predicted octanol–water partition coefficient (Wildman–Crippen LogP) is -6.71. The van der Waals surface area contributed by atoms with E-state index in [-0.39, 0.29) is 12.4 Å². The zero-order valence-electron chi connectivity index (χ0n) is 4.59. The fraction of sp³-hybridized carbons (Fsp3) is 1.00. The second-order valence-electron chi connectivity index (χ2n) is 2.56. The Morgan fingerprint density at radius 3 is 1.17 bits per heavy atom. The molecule has 0 amide bonds. The molecular weight excluding hydrogens is 156 g/mol. The Kier molecular flexibility index (Phi) is 6.52. The summed E-state index contributed by atoms with van der Waals surface area (Å²) in [6.45, 7) is 0. The van der Waals surface area contributed by atoms with Gasteiger partial charge < -0.3 is 12.4 Å². The van der Waals surface area contributed by atoms with Crippen LogP contribution >= 0.6 is 0 Å². The topological polar surface area (TPSA) is 0 Å². The normalized spacial score (nSPS) is 19.7. The molecule has 0 nitrogen and oxygen atoms in total. The first-order valence-electron chi connectivity index (χ1n) is 1.85. The van der Waals surface area contributed by atoms with E-state index in [0.29, 0.717) is 0 Å². The van der Waals surface area contributed by atoms with Crippen LogP contribution in [-0.4, -0.2) is 52.4 Å². The van der Waals surface area contributed by atoms with Crippen LogP contribution in [-0.2, 0) is 0 Å². The van der Waals surface area contributed by atoms with Crippen molar-refractivity contribution in [2.75, 3.05) is 0 Å². The molecule has 0 spiro atoms. The molecule has 0 N–H and O–H groups in total. The Bertz CT molecular complexity index is 26.3. The molecule has 0 bridgehead atoms. The van der Waals surface area contributed by atoms with E-state index < -0.39 is 0 Å². The summed E-state index contributed by atoms with van der Waals surface area (Å²) in [7, 11) is 4.33. The summed E-state index contributed by atoms with van der Waals surface area (Å²) < 4.78 is 0.944. The summed E-state index contributed by atoms with van der Waals surface area (Å²) in [4.78, 5) is 0. The molecule has 34 valence electrons. The molecule has 6 heavy (non-hydrogen) atoms. The van der Waals surface area contributed by atoms with Gasteiger partial charge in [-0.3, -0.25) is 0 Å². The van der Waals surface area contributed by atoms with E-state index in [1.807, 2.05) is 0 Å². The van der Waals surface area contributed by atoms with Crippen molar-refractivity contribution in [3.8, 4) is 0 Å². The third-order valence-electron chi connectivity index (χ3n) is 0. The summed E-state index contributed by atoms with van der Waals surface area (Å²) in [6, 6.07) is 0. The summed E-state index contributed by atoms with van der Waals surface area (Å²) >= 11 is 2.20. The molecular formula is CH9ClMgSi3. The minimum atomic E-state index is 0. The van der Waals surface area contributed by atoms with Crippen molar-refractivity contribution >= 4 is 52.4 Å². The third-order valence-corrected chi connectivity index (χ3v) is 0. The van der Waals surface area contributed by atoms with Crippen molar-refractivity contribution in [1.29, 1.82) is 0 Å². The van der Waals surface area contributed by atoms with Gasteiger partial charge in [0.2, 0.25) is 0 Å². The van der Waals surface area contributed by atoms with Crippen LogP contribution in [0.15, 0.2) is 0 Å². The SMILES string of the molecule is [Cl-].[Mg+][C]([SiH3])([SiH3])[SiH3]. The molecule has 5 heteroatoms. The Balaban J connectivity index is 0. The first-order chi connectivity index (χ1) is 2.00. The minimum absolute atomic E-state index is 0. The summed E-state index contributed by atoms with van der Waals surface area (Å²) in [6.07, 6.45) is 0. The van der Waals surface area contributed by atoms with Crippen LogP contribution in [0, 0.1) is 0 Å². The van der Waals surface area contributed by atoms with Crippen molar-refractivity contribution < 1.29 is 12.4 Å². The molecule has 0 saturated heterocycles. The van der Waals surface area contributed by atoms with Gasteiger partial charge in [0.25, 0.3) is 0 Å². The molecule has 0 aromatic carbocycles. The van der Waals surface area contributed by atoms with Crippen molar-refractivity contribution in [2.24, 2.45) is 0 Å². The van der Waals surface area contributed by atoms with E-state index in [1.54, 1.807) is 0 Å². The van der Waals surface area contributed by atoms with Crippen LogP contribution in [0.5, 0.6) is 0 Å². The van der Waals surface area contributed by atoms with Gasteiger partial charge in [-0.2, -0.15) is 0 Å². The quantitative estimate of drug-likeness (QED) is 0.313. The molecule has 0 radical (unpaired) electrons. The molecule has 0 saturated carbocycles. The maximum absolute atomic E-state index is 2.20. The monoisotopic (exact) mass is 164 g/mol. The zero-order chi connectivity index (χ0) is 4.50. The molecule has 0 aliphatic rings. The van der Waals surface area contributed by atoms with Gasteiger partial charge in [-0.25, -0.2) is 0 Å². The van der Waals surface area contributed by atoms with Gasteiger partial charge in [0.05, 0.1) is 0 Å². The number of rotatable bonds is 0. The van der Waals surface area contributed by atoms with Gasteiger partial charge in [0.1, 0.15) is 0 Å². The molecule has 0 unspecified atom stereocenters. The molecule has 0 aromatic heterocycles. The molecule has 0 aliphatic heterocycles. The summed E-state index contributed by atoms with van der Waals surface area (Å²) in [5.74, 6) is 0. The van der Waals surface area contributed by atoms with Gasteiger partial charge in [-0.15, -0.1) is 0 Å². The Hall–Kier alpha value is 1.71. The van der Waals surface area contributed by atoms with Gasteiger partial charge in [-0.05, 0) is 0 Å². The van der Waals surface area contributed by atoms with Gasteiger partial charge in [-0.1, -0.05) is 0 Å². The molecule has 0 atom stereocenters. The molecule has 0 heterocycles. The van der Waals surface area contributed by atoms with Crippen LogP contribution in [0.3, 0.4) is 0 Å². The van der Waals surface area contributed by atoms with Crippen molar-refractivity contribution in [2.45, 2.75) is 2.41 Å². The standard InChI is InChI=1S/CH9Si3.ClH.Mg/c2-1(3)4;;/h2-4H3;1H;/q;;+1/p-1. The molecule has 0 aliphatic carbocycles. The van der Waals surface area contributed by atoms with Crippen molar-refractivity contribution in [1.82, 2.24) is 0 Å². The van der Waals surface area contributed by atoms with Crippen LogP contribution in [0.2, 0.25) is 2.41 Å². The fourth-order valence-electron chi connectivity index (χ4n) is 0. The molecule has 0 fully saturated rings. The van der Waals surface area contributed by atoms with E-state index in [4.69, 9.17) is 0 Å².